The summed E-state index contributed by atoms with van der Waals surface area (Å²) in [6, 6.07) is 9.49. The molecule has 0 amide bonds. The van der Waals surface area contributed by atoms with Crippen LogP contribution >= 0.6 is 15.9 Å². The van der Waals surface area contributed by atoms with Crippen LogP contribution in [0.4, 0.5) is 0 Å². The molecule has 0 fully saturated rings. The molecule has 2 aromatic rings. The van der Waals surface area contributed by atoms with Gasteiger partial charge in [-0.3, -0.25) is 4.98 Å². The number of rotatable bonds is 5. The van der Waals surface area contributed by atoms with Crippen molar-refractivity contribution < 1.29 is 9.47 Å². The Morgan fingerprint density at radius 1 is 1.17 bits per heavy atom. The Morgan fingerprint density at radius 2 is 1.94 bits per heavy atom. The van der Waals surface area contributed by atoms with E-state index in [-0.39, 0.29) is 0 Å². The number of pyridine rings is 1. The molecule has 1 heterocycles. The summed E-state index contributed by atoms with van der Waals surface area (Å²) < 4.78 is 12.3. The lowest BCUT2D eigenvalue weighted by molar-refractivity contribution is 0.302. The molecule has 0 aliphatic carbocycles. The van der Waals surface area contributed by atoms with Crippen LogP contribution < -0.4 is 9.47 Å². The van der Waals surface area contributed by atoms with Crippen molar-refractivity contribution in [3.05, 3.63) is 47.2 Å². The van der Waals surface area contributed by atoms with E-state index in [1.165, 1.54) is 0 Å². The number of halogens is 1. The van der Waals surface area contributed by atoms with Crippen molar-refractivity contribution in [2.75, 3.05) is 6.61 Å². The maximum absolute atomic E-state index is 5.77. The van der Waals surface area contributed by atoms with E-state index in [1.807, 2.05) is 30.3 Å². The summed E-state index contributed by atoms with van der Waals surface area (Å²) in [5, 5.41) is 0. The van der Waals surface area contributed by atoms with Crippen molar-refractivity contribution in [2.24, 2.45) is 0 Å². The first-order valence-electron chi connectivity index (χ1n) is 5.80. The molecule has 0 aliphatic heterocycles. The van der Waals surface area contributed by atoms with E-state index in [2.05, 4.69) is 27.8 Å². The summed E-state index contributed by atoms with van der Waals surface area (Å²) in [5.41, 5.74) is 0. The topological polar surface area (TPSA) is 31.4 Å². The number of aromatic nitrogens is 1. The molecule has 1 aromatic heterocycles. The van der Waals surface area contributed by atoms with Crippen LogP contribution in [0.15, 0.2) is 47.2 Å². The summed E-state index contributed by atoms with van der Waals surface area (Å²) in [6.45, 7) is 2.75. The van der Waals surface area contributed by atoms with Gasteiger partial charge in [0.2, 0.25) is 0 Å². The Balaban J connectivity index is 2.17. The lowest BCUT2D eigenvalue weighted by Crippen LogP contribution is -1.97. The predicted octanol–water partition coefficient (Wildman–Crippen LogP) is 4.43. The van der Waals surface area contributed by atoms with Crippen LogP contribution in [-0.4, -0.2) is 11.6 Å². The van der Waals surface area contributed by atoms with Gasteiger partial charge in [0, 0.05) is 10.7 Å². The van der Waals surface area contributed by atoms with Gasteiger partial charge in [0.1, 0.15) is 5.75 Å². The standard InChI is InChI=1S/C14H14BrNO2/c1-2-7-17-13-5-3-4-6-14(13)18-12-8-11(15)9-16-10-12/h3-6,8-10H,2,7H2,1H3. The van der Waals surface area contributed by atoms with E-state index in [4.69, 9.17) is 9.47 Å². The van der Waals surface area contributed by atoms with Gasteiger partial charge >= 0.3 is 0 Å². The average molecular weight is 308 g/mol. The lowest BCUT2D eigenvalue weighted by Gasteiger charge is -2.11. The van der Waals surface area contributed by atoms with E-state index in [9.17, 15) is 0 Å². The van der Waals surface area contributed by atoms with Crippen LogP contribution in [0, 0.1) is 0 Å². The van der Waals surface area contributed by atoms with E-state index < -0.39 is 0 Å². The zero-order valence-electron chi connectivity index (χ0n) is 10.1. The van der Waals surface area contributed by atoms with Crippen LogP contribution in [0.3, 0.4) is 0 Å². The van der Waals surface area contributed by atoms with Gasteiger partial charge in [-0.05, 0) is 40.5 Å². The first-order valence-corrected chi connectivity index (χ1v) is 6.59. The Bertz CT molecular complexity index is 517. The summed E-state index contributed by atoms with van der Waals surface area (Å²) in [5.74, 6) is 2.13. The number of para-hydroxylation sites is 2. The fourth-order valence-corrected chi connectivity index (χ4v) is 1.78. The Kier molecular flexibility index (Phi) is 4.59. The highest BCUT2D eigenvalue weighted by molar-refractivity contribution is 9.10. The highest BCUT2D eigenvalue weighted by atomic mass is 79.9. The monoisotopic (exact) mass is 307 g/mol. The van der Waals surface area contributed by atoms with Gasteiger partial charge in [-0.1, -0.05) is 19.1 Å². The SMILES string of the molecule is CCCOc1ccccc1Oc1cncc(Br)c1. The number of ether oxygens (including phenoxy) is 2. The number of benzene rings is 1. The Hall–Kier alpha value is -1.55. The molecule has 0 spiro atoms. The normalized spacial score (nSPS) is 10.1. The van der Waals surface area contributed by atoms with Gasteiger partial charge in [0.15, 0.2) is 11.5 Å². The second kappa shape index (κ2) is 6.40. The number of hydrogen-bond acceptors (Lipinski definition) is 3. The summed E-state index contributed by atoms with van der Waals surface area (Å²) >= 11 is 3.36. The zero-order chi connectivity index (χ0) is 12.8. The van der Waals surface area contributed by atoms with Gasteiger partial charge in [-0.2, -0.15) is 0 Å². The summed E-state index contributed by atoms with van der Waals surface area (Å²) in [4.78, 5) is 4.06. The van der Waals surface area contributed by atoms with Crippen molar-refractivity contribution in [1.29, 1.82) is 0 Å². The first kappa shape index (κ1) is 12.9. The second-order valence-corrected chi connectivity index (χ2v) is 4.65. The molecule has 0 atom stereocenters. The molecular weight excluding hydrogens is 294 g/mol. The second-order valence-electron chi connectivity index (χ2n) is 3.74. The average Bonchev–Trinajstić information content (AvgIpc) is 2.38. The lowest BCUT2D eigenvalue weighted by atomic mass is 10.3. The minimum absolute atomic E-state index is 0.678. The molecule has 0 bridgehead atoms. The predicted molar refractivity (Wildman–Crippen MR) is 74.2 cm³/mol. The van der Waals surface area contributed by atoms with Gasteiger partial charge in [-0.25, -0.2) is 0 Å². The van der Waals surface area contributed by atoms with Gasteiger partial charge in [0.25, 0.3) is 0 Å². The van der Waals surface area contributed by atoms with E-state index >= 15 is 0 Å². The maximum Gasteiger partial charge on any atom is 0.169 e. The quantitative estimate of drug-likeness (QED) is 0.819. The molecule has 3 nitrogen and oxygen atoms in total. The molecule has 0 N–H and O–H groups in total. The zero-order valence-corrected chi connectivity index (χ0v) is 11.7. The van der Waals surface area contributed by atoms with Crippen LogP contribution in [0.25, 0.3) is 0 Å². The van der Waals surface area contributed by atoms with Gasteiger partial charge < -0.3 is 9.47 Å². The third-order valence-corrected chi connectivity index (χ3v) is 2.65. The third kappa shape index (κ3) is 3.47. The summed E-state index contributed by atoms with van der Waals surface area (Å²) in [6.07, 6.45) is 4.35. The molecule has 18 heavy (non-hydrogen) atoms. The number of hydrogen-bond donors (Lipinski definition) is 0. The molecule has 2 rings (SSSR count). The van der Waals surface area contributed by atoms with Gasteiger partial charge in [-0.15, -0.1) is 0 Å². The van der Waals surface area contributed by atoms with Crippen molar-refractivity contribution >= 4 is 15.9 Å². The highest BCUT2D eigenvalue weighted by Gasteiger charge is 2.05. The molecule has 0 saturated carbocycles. The molecule has 1 aromatic carbocycles. The van der Waals surface area contributed by atoms with Crippen LogP contribution in [-0.2, 0) is 0 Å². The minimum atomic E-state index is 0.678. The molecule has 0 radical (unpaired) electrons. The van der Waals surface area contributed by atoms with Crippen molar-refractivity contribution in [2.45, 2.75) is 13.3 Å². The van der Waals surface area contributed by atoms with Crippen LogP contribution in [0.2, 0.25) is 0 Å². The molecule has 0 aliphatic rings. The van der Waals surface area contributed by atoms with Crippen LogP contribution in [0.1, 0.15) is 13.3 Å². The van der Waals surface area contributed by atoms with E-state index in [0.29, 0.717) is 18.1 Å². The minimum Gasteiger partial charge on any atom is -0.490 e. The highest BCUT2D eigenvalue weighted by Crippen LogP contribution is 2.31. The molecule has 4 heteroatoms. The van der Waals surface area contributed by atoms with Crippen molar-refractivity contribution in [3.8, 4) is 17.2 Å². The van der Waals surface area contributed by atoms with E-state index in [1.54, 1.807) is 12.4 Å². The molecule has 94 valence electrons. The van der Waals surface area contributed by atoms with Crippen LogP contribution in [0.5, 0.6) is 17.2 Å². The summed E-state index contributed by atoms with van der Waals surface area (Å²) in [7, 11) is 0. The van der Waals surface area contributed by atoms with Crippen molar-refractivity contribution in [1.82, 2.24) is 4.98 Å². The van der Waals surface area contributed by atoms with Gasteiger partial charge in [0.05, 0.1) is 12.8 Å². The fourth-order valence-electron chi connectivity index (χ4n) is 1.44. The molecule has 0 unspecified atom stereocenters. The first-order chi connectivity index (χ1) is 8.79. The molecular formula is C14H14BrNO2. The largest absolute Gasteiger partial charge is 0.490 e. The smallest absolute Gasteiger partial charge is 0.169 e. The fraction of sp³-hybridized carbons (Fsp3) is 0.214. The maximum atomic E-state index is 5.77. The number of nitrogens with zero attached hydrogens (tertiary/aromatic N) is 1. The van der Waals surface area contributed by atoms with Crippen molar-refractivity contribution in [3.63, 3.8) is 0 Å². The molecule has 0 saturated heterocycles. The Morgan fingerprint density at radius 3 is 2.67 bits per heavy atom. The third-order valence-electron chi connectivity index (χ3n) is 2.22. The van der Waals surface area contributed by atoms with E-state index in [0.717, 1.165) is 16.6 Å². The Labute approximate surface area is 115 Å².